The number of sulfone groups is 1. The van der Waals surface area contributed by atoms with Crippen molar-refractivity contribution < 1.29 is 17.9 Å². The molecular formula is C18H25N3O5S2. The average molecular weight is 428 g/mol. The summed E-state index contributed by atoms with van der Waals surface area (Å²) in [6.07, 6.45) is 2.99. The van der Waals surface area contributed by atoms with E-state index in [-0.39, 0.29) is 10.5 Å². The molecule has 1 aromatic carbocycles. The SMILES string of the molecule is COCCNc1c(S(C)(=O)=O)ccc(C(=O)c2c(C)[nH]n(C)c2=O)c1CSC. The zero-order chi connectivity index (χ0) is 21.1. The number of ketones is 1. The zero-order valence-corrected chi connectivity index (χ0v) is 18.2. The Morgan fingerprint density at radius 3 is 2.54 bits per heavy atom. The first-order chi connectivity index (χ1) is 13.1. The minimum Gasteiger partial charge on any atom is -0.383 e. The normalized spacial score (nSPS) is 11.6. The van der Waals surface area contributed by atoms with Crippen molar-refractivity contribution in [1.82, 2.24) is 9.78 Å². The van der Waals surface area contributed by atoms with Crippen LogP contribution < -0.4 is 10.9 Å². The van der Waals surface area contributed by atoms with Gasteiger partial charge in [-0.2, -0.15) is 11.8 Å². The number of ether oxygens (including phenoxy) is 1. The second kappa shape index (κ2) is 8.97. The van der Waals surface area contributed by atoms with Crippen LogP contribution in [0.3, 0.4) is 0 Å². The van der Waals surface area contributed by atoms with Gasteiger partial charge in [0.15, 0.2) is 9.84 Å². The van der Waals surface area contributed by atoms with Crippen LogP contribution in [-0.4, -0.2) is 56.8 Å². The maximum absolute atomic E-state index is 13.2. The lowest BCUT2D eigenvalue weighted by Gasteiger charge is -2.18. The van der Waals surface area contributed by atoms with E-state index >= 15 is 0 Å². The molecule has 0 radical (unpaired) electrons. The number of nitrogens with zero attached hydrogens (tertiary/aromatic N) is 1. The van der Waals surface area contributed by atoms with E-state index in [0.717, 1.165) is 6.26 Å². The van der Waals surface area contributed by atoms with E-state index in [0.29, 0.717) is 41.4 Å². The van der Waals surface area contributed by atoms with Crippen molar-refractivity contribution in [3.8, 4) is 0 Å². The van der Waals surface area contributed by atoms with Crippen LogP contribution in [0.2, 0.25) is 0 Å². The first-order valence-electron chi connectivity index (χ1n) is 8.51. The predicted molar refractivity (Wildman–Crippen MR) is 111 cm³/mol. The molecule has 2 aromatic rings. The fourth-order valence-corrected chi connectivity index (χ4v) is 4.47. The Hall–Kier alpha value is -2.04. The van der Waals surface area contributed by atoms with Crippen molar-refractivity contribution in [3.05, 3.63) is 44.9 Å². The molecule has 28 heavy (non-hydrogen) atoms. The van der Waals surface area contributed by atoms with Crippen LogP contribution >= 0.6 is 11.8 Å². The number of carbonyl (C=O) groups excluding carboxylic acids is 1. The molecule has 8 nitrogen and oxygen atoms in total. The zero-order valence-electron chi connectivity index (χ0n) is 16.6. The van der Waals surface area contributed by atoms with Gasteiger partial charge in [-0.25, -0.2) is 8.42 Å². The van der Waals surface area contributed by atoms with Gasteiger partial charge in [0.2, 0.25) is 5.78 Å². The molecule has 0 amide bonds. The molecule has 154 valence electrons. The molecule has 2 N–H and O–H groups in total. The number of H-pyrrole nitrogens is 1. The van der Waals surface area contributed by atoms with Crippen molar-refractivity contribution in [1.29, 1.82) is 0 Å². The number of hydrogen-bond acceptors (Lipinski definition) is 7. The number of aryl methyl sites for hydroxylation is 2. The first-order valence-corrected chi connectivity index (χ1v) is 11.8. The fourth-order valence-electron chi connectivity index (χ4n) is 3.00. The van der Waals surface area contributed by atoms with Crippen LogP contribution in [0.1, 0.15) is 27.2 Å². The summed E-state index contributed by atoms with van der Waals surface area (Å²) in [5.41, 5.74) is 1.34. The second-order valence-corrected chi connectivity index (χ2v) is 9.24. The van der Waals surface area contributed by atoms with Crippen molar-refractivity contribution in [2.24, 2.45) is 7.05 Å². The van der Waals surface area contributed by atoms with Gasteiger partial charge in [0.05, 0.1) is 17.2 Å². The lowest BCUT2D eigenvalue weighted by molar-refractivity contribution is 0.103. The molecule has 2 rings (SSSR count). The Balaban J connectivity index is 2.72. The Kier molecular flexibility index (Phi) is 7.13. The van der Waals surface area contributed by atoms with E-state index in [1.807, 2.05) is 6.26 Å². The molecule has 0 unspecified atom stereocenters. The van der Waals surface area contributed by atoms with Gasteiger partial charge in [0, 0.05) is 44.0 Å². The molecular weight excluding hydrogens is 402 g/mol. The van der Waals surface area contributed by atoms with Gasteiger partial charge < -0.3 is 10.1 Å². The summed E-state index contributed by atoms with van der Waals surface area (Å²) in [4.78, 5) is 25.7. The van der Waals surface area contributed by atoms with Crippen LogP contribution in [0.25, 0.3) is 0 Å². The summed E-state index contributed by atoms with van der Waals surface area (Å²) in [5, 5.41) is 5.91. The Bertz CT molecular complexity index is 1040. The number of aromatic amines is 1. The Morgan fingerprint density at radius 2 is 2.04 bits per heavy atom. The smallest absolute Gasteiger partial charge is 0.277 e. The van der Waals surface area contributed by atoms with Crippen LogP contribution in [-0.2, 0) is 27.4 Å². The van der Waals surface area contributed by atoms with Gasteiger partial charge in [-0.05, 0) is 30.9 Å². The number of anilines is 1. The highest BCUT2D eigenvalue weighted by molar-refractivity contribution is 7.97. The molecule has 10 heteroatoms. The summed E-state index contributed by atoms with van der Waals surface area (Å²) < 4.78 is 30.9. The second-order valence-electron chi connectivity index (χ2n) is 6.39. The van der Waals surface area contributed by atoms with E-state index in [9.17, 15) is 18.0 Å². The first kappa shape index (κ1) is 22.3. The van der Waals surface area contributed by atoms with Crippen LogP contribution in [0.4, 0.5) is 5.69 Å². The number of aromatic nitrogens is 2. The van der Waals surface area contributed by atoms with Gasteiger partial charge >= 0.3 is 0 Å². The standard InChI is InChI=1S/C18H25N3O5S2/c1-11-15(18(23)21(2)20-11)17(22)12-6-7-14(28(5,24)25)16(13(12)10-27-4)19-8-9-26-3/h6-7,19-20H,8-10H2,1-5H3. The maximum Gasteiger partial charge on any atom is 0.277 e. The summed E-state index contributed by atoms with van der Waals surface area (Å²) in [5.74, 6) is -0.0259. The van der Waals surface area contributed by atoms with Crippen LogP contribution in [0, 0.1) is 6.92 Å². The summed E-state index contributed by atoms with van der Waals surface area (Å²) in [6.45, 7) is 2.41. The third kappa shape index (κ3) is 4.50. The molecule has 0 fully saturated rings. The summed E-state index contributed by atoms with van der Waals surface area (Å²) >= 11 is 1.46. The number of rotatable bonds is 9. The number of thioether (sulfide) groups is 1. The molecule has 1 heterocycles. The third-order valence-corrected chi connectivity index (χ3v) is 5.99. The number of benzene rings is 1. The van der Waals surface area contributed by atoms with Crippen molar-refractivity contribution in [2.45, 2.75) is 17.6 Å². The molecule has 0 atom stereocenters. The maximum atomic E-state index is 13.2. The third-order valence-electron chi connectivity index (χ3n) is 4.27. The molecule has 0 aliphatic heterocycles. The topological polar surface area (TPSA) is 110 Å². The number of methoxy groups -OCH3 is 1. The summed E-state index contributed by atoms with van der Waals surface area (Å²) in [6, 6.07) is 2.89. The fraction of sp³-hybridized carbons (Fsp3) is 0.444. The monoisotopic (exact) mass is 427 g/mol. The van der Waals surface area contributed by atoms with E-state index in [1.54, 1.807) is 21.1 Å². The van der Waals surface area contributed by atoms with Gasteiger partial charge in [-0.15, -0.1) is 0 Å². The average Bonchev–Trinajstić information content (AvgIpc) is 2.86. The van der Waals surface area contributed by atoms with Crippen molar-refractivity contribution >= 4 is 33.1 Å². The molecule has 0 aliphatic carbocycles. The number of nitrogens with one attached hydrogen (secondary N) is 2. The molecule has 0 aliphatic rings. The van der Waals surface area contributed by atoms with Gasteiger partial charge in [-0.1, -0.05) is 0 Å². The molecule has 0 bridgehead atoms. The minimum atomic E-state index is -3.53. The molecule has 1 aromatic heterocycles. The lowest BCUT2D eigenvalue weighted by Crippen LogP contribution is -2.21. The number of carbonyl (C=O) groups is 1. The minimum absolute atomic E-state index is 0.0554. The summed E-state index contributed by atoms with van der Waals surface area (Å²) in [7, 11) is -0.438. The van der Waals surface area contributed by atoms with E-state index < -0.39 is 21.2 Å². The van der Waals surface area contributed by atoms with Gasteiger partial charge in [0.25, 0.3) is 5.56 Å². The lowest BCUT2D eigenvalue weighted by atomic mass is 9.98. The highest BCUT2D eigenvalue weighted by Crippen LogP contribution is 2.32. The van der Waals surface area contributed by atoms with Crippen molar-refractivity contribution in [3.63, 3.8) is 0 Å². The molecule has 0 saturated carbocycles. The highest BCUT2D eigenvalue weighted by atomic mass is 32.2. The Morgan fingerprint density at radius 1 is 1.36 bits per heavy atom. The Labute approximate surface area is 168 Å². The van der Waals surface area contributed by atoms with E-state index in [1.165, 1.54) is 28.6 Å². The van der Waals surface area contributed by atoms with Crippen LogP contribution in [0.5, 0.6) is 0 Å². The van der Waals surface area contributed by atoms with E-state index in [4.69, 9.17) is 4.74 Å². The predicted octanol–water partition coefficient (Wildman–Crippen LogP) is 1.58. The van der Waals surface area contributed by atoms with Gasteiger partial charge in [0.1, 0.15) is 5.56 Å². The number of hydrogen-bond donors (Lipinski definition) is 2. The molecule has 0 saturated heterocycles. The largest absolute Gasteiger partial charge is 0.383 e. The highest BCUT2D eigenvalue weighted by Gasteiger charge is 2.26. The van der Waals surface area contributed by atoms with Crippen LogP contribution in [0.15, 0.2) is 21.8 Å². The quantitative estimate of drug-likeness (QED) is 0.462. The molecule has 0 spiro atoms. The van der Waals surface area contributed by atoms with Crippen molar-refractivity contribution in [2.75, 3.05) is 38.1 Å². The van der Waals surface area contributed by atoms with E-state index in [2.05, 4.69) is 10.4 Å². The van der Waals surface area contributed by atoms with Gasteiger partial charge in [-0.3, -0.25) is 19.4 Å².